The van der Waals surface area contributed by atoms with Gasteiger partial charge < -0.3 is 9.84 Å². The van der Waals surface area contributed by atoms with Crippen LogP contribution in [0.15, 0.2) is 48.5 Å². The van der Waals surface area contributed by atoms with Crippen LogP contribution in [0.1, 0.15) is 17.2 Å². The summed E-state index contributed by atoms with van der Waals surface area (Å²) in [5.41, 5.74) is 0.951. The van der Waals surface area contributed by atoms with Crippen molar-refractivity contribution in [2.24, 2.45) is 0 Å². The van der Waals surface area contributed by atoms with Crippen molar-refractivity contribution in [2.45, 2.75) is 13.0 Å². The van der Waals surface area contributed by atoms with Gasteiger partial charge in [0.2, 0.25) is 6.10 Å². The fourth-order valence-electron chi connectivity index (χ4n) is 1.72. The fraction of sp³-hybridized carbons (Fsp3) is 0.133. The van der Waals surface area contributed by atoms with Crippen molar-refractivity contribution < 1.29 is 19.0 Å². The molecule has 1 unspecified atom stereocenters. The van der Waals surface area contributed by atoms with E-state index in [1.54, 1.807) is 37.3 Å². The maximum absolute atomic E-state index is 13.1. The van der Waals surface area contributed by atoms with Gasteiger partial charge in [0.15, 0.2) is 0 Å². The molecule has 0 saturated heterocycles. The minimum Gasteiger partial charge on any atom is -0.478 e. The van der Waals surface area contributed by atoms with E-state index in [-0.39, 0.29) is 5.82 Å². The van der Waals surface area contributed by atoms with Crippen molar-refractivity contribution in [3.8, 4) is 5.75 Å². The normalized spacial score (nSPS) is 11.9. The van der Waals surface area contributed by atoms with E-state index >= 15 is 0 Å². The first kappa shape index (κ1) is 13.1. The van der Waals surface area contributed by atoms with Gasteiger partial charge in [0, 0.05) is 5.56 Å². The minimum absolute atomic E-state index is 0.329. The summed E-state index contributed by atoms with van der Waals surface area (Å²) in [6.45, 7) is 1.60. The molecular weight excluding hydrogens is 247 g/mol. The summed E-state index contributed by atoms with van der Waals surface area (Å²) in [6, 6.07) is 12.8. The number of benzene rings is 2. The van der Waals surface area contributed by atoms with Crippen LogP contribution in [0.4, 0.5) is 4.39 Å². The SMILES string of the molecule is Cc1cc(OC(C(=O)O)c2ccccc2)ccc1F. The van der Waals surface area contributed by atoms with Gasteiger partial charge in [-0.05, 0) is 30.7 Å². The summed E-state index contributed by atoms with van der Waals surface area (Å²) >= 11 is 0. The van der Waals surface area contributed by atoms with Crippen LogP contribution in [0.5, 0.6) is 5.75 Å². The van der Waals surface area contributed by atoms with Gasteiger partial charge in [-0.25, -0.2) is 9.18 Å². The number of hydrogen-bond acceptors (Lipinski definition) is 2. The zero-order valence-electron chi connectivity index (χ0n) is 10.3. The van der Waals surface area contributed by atoms with E-state index in [9.17, 15) is 14.3 Å². The second-order valence-electron chi connectivity index (χ2n) is 4.16. The van der Waals surface area contributed by atoms with E-state index in [1.807, 2.05) is 0 Å². The van der Waals surface area contributed by atoms with Gasteiger partial charge in [-0.3, -0.25) is 0 Å². The zero-order chi connectivity index (χ0) is 13.8. The first-order chi connectivity index (χ1) is 9.08. The summed E-state index contributed by atoms with van der Waals surface area (Å²) in [6.07, 6.45) is -1.11. The number of aliphatic carboxylic acids is 1. The molecule has 0 aliphatic heterocycles. The smallest absolute Gasteiger partial charge is 0.349 e. The van der Waals surface area contributed by atoms with Crippen molar-refractivity contribution in [1.82, 2.24) is 0 Å². The van der Waals surface area contributed by atoms with Crippen molar-refractivity contribution in [1.29, 1.82) is 0 Å². The Kier molecular flexibility index (Phi) is 3.80. The molecule has 2 aromatic rings. The van der Waals surface area contributed by atoms with Gasteiger partial charge in [-0.2, -0.15) is 0 Å². The molecule has 19 heavy (non-hydrogen) atoms. The van der Waals surface area contributed by atoms with Crippen LogP contribution in [-0.2, 0) is 4.79 Å². The zero-order valence-corrected chi connectivity index (χ0v) is 10.3. The lowest BCUT2D eigenvalue weighted by atomic mass is 10.1. The average molecular weight is 260 g/mol. The molecule has 4 heteroatoms. The molecular formula is C15H13FO3. The fourth-order valence-corrected chi connectivity index (χ4v) is 1.72. The number of carboxylic acid groups (broad SMARTS) is 1. The maximum Gasteiger partial charge on any atom is 0.349 e. The quantitative estimate of drug-likeness (QED) is 0.917. The first-order valence-corrected chi connectivity index (χ1v) is 5.78. The van der Waals surface area contributed by atoms with Crippen LogP contribution in [0.2, 0.25) is 0 Å². The molecule has 0 spiro atoms. The number of halogens is 1. The van der Waals surface area contributed by atoms with Gasteiger partial charge >= 0.3 is 5.97 Å². The Hall–Kier alpha value is -2.36. The summed E-state index contributed by atoms with van der Waals surface area (Å²) in [4.78, 5) is 11.3. The van der Waals surface area contributed by atoms with Gasteiger partial charge in [-0.1, -0.05) is 30.3 Å². The third-order valence-corrected chi connectivity index (χ3v) is 2.71. The Morgan fingerprint density at radius 1 is 1.21 bits per heavy atom. The lowest BCUT2D eigenvalue weighted by molar-refractivity contribution is -0.145. The summed E-state index contributed by atoms with van der Waals surface area (Å²) in [7, 11) is 0. The molecule has 1 N–H and O–H groups in total. The molecule has 0 radical (unpaired) electrons. The van der Waals surface area contributed by atoms with Gasteiger partial charge in [0.1, 0.15) is 11.6 Å². The van der Waals surface area contributed by atoms with Gasteiger partial charge in [0.25, 0.3) is 0 Å². The van der Waals surface area contributed by atoms with Crippen LogP contribution in [-0.4, -0.2) is 11.1 Å². The topological polar surface area (TPSA) is 46.5 Å². The molecule has 2 rings (SSSR count). The molecule has 0 heterocycles. The standard InChI is InChI=1S/C15H13FO3/c1-10-9-12(7-8-13(10)16)19-14(15(17)18)11-5-3-2-4-6-11/h2-9,14H,1H3,(H,17,18). The lowest BCUT2D eigenvalue weighted by Crippen LogP contribution is -2.18. The molecule has 0 aliphatic rings. The molecule has 0 amide bonds. The highest BCUT2D eigenvalue weighted by Crippen LogP contribution is 2.24. The molecule has 98 valence electrons. The summed E-state index contributed by atoms with van der Waals surface area (Å²) in [5.74, 6) is -1.11. The van der Waals surface area contributed by atoms with Crippen molar-refractivity contribution in [2.75, 3.05) is 0 Å². The number of aryl methyl sites for hydroxylation is 1. The van der Waals surface area contributed by atoms with Gasteiger partial charge in [0.05, 0.1) is 0 Å². The summed E-state index contributed by atoms with van der Waals surface area (Å²) in [5, 5.41) is 9.21. The molecule has 2 aromatic carbocycles. The van der Waals surface area contributed by atoms with E-state index in [0.29, 0.717) is 16.9 Å². The number of carbonyl (C=O) groups is 1. The molecule has 0 aromatic heterocycles. The second-order valence-corrected chi connectivity index (χ2v) is 4.16. The van der Waals surface area contributed by atoms with Crippen LogP contribution in [0.3, 0.4) is 0 Å². The van der Waals surface area contributed by atoms with E-state index in [2.05, 4.69) is 0 Å². The van der Waals surface area contributed by atoms with Crippen LogP contribution < -0.4 is 4.74 Å². The lowest BCUT2D eigenvalue weighted by Gasteiger charge is -2.15. The summed E-state index contributed by atoms with van der Waals surface area (Å²) < 4.78 is 18.6. The second kappa shape index (κ2) is 5.52. The minimum atomic E-state index is -1.11. The Labute approximate surface area is 110 Å². The van der Waals surface area contributed by atoms with Crippen molar-refractivity contribution in [3.63, 3.8) is 0 Å². The third-order valence-electron chi connectivity index (χ3n) is 2.71. The largest absolute Gasteiger partial charge is 0.478 e. The van der Waals surface area contributed by atoms with E-state index < -0.39 is 12.1 Å². The van der Waals surface area contributed by atoms with E-state index in [0.717, 1.165) is 0 Å². The number of rotatable bonds is 4. The molecule has 1 atom stereocenters. The highest BCUT2D eigenvalue weighted by Gasteiger charge is 2.21. The first-order valence-electron chi connectivity index (χ1n) is 5.78. The predicted molar refractivity (Wildman–Crippen MR) is 68.6 cm³/mol. The predicted octanol–water partition coefficient (Wildman–Crippen LogP) is 3.34. The Morgan fingerprint density at radius 2 is 1.89 bits per heavy atom. The number of carboxylic acids is 1. The highest BCUT2D eigenvalue weighted by atomic mass is 19.1. The monoisotopic (exact) mass is 260 g/mol. The van der Waals surface area contributed by atoms with E-state index in [1.165, 1.54) is 18.2 Å². The van der Waals surface area contributed by atoms with Crippen LogP contribution in [0.25, 0.3) is 0 Å². The Balaban J connectivity index is 2.27. The molecule has 3 nitrogen and oxygen atoms in total. The molecule has 0 aliphatic carbocycles. The number of hydrogen-bond donors (Lipinski definition) is 1. The van der Waals surface area contributed by atoms with Crippen molar-refractivity contribution >= 4 is 5.97 Å². The Bertz CT molecular complexity index is 581. The van der Waals surface area contributed by atoms with E-state index in [4.69, 9.17) is 4.74 Å². The van der Waals surface area contributed by atoms with Crippen LogP contribution in [0, 0.1) is 12.7 Å². The van der Waals surface area contributed by atoms with Crippen molar-refractivity contribution in [3.05, 3.63) is 65.5 Å². The van der Waals surface area contributed by atoms with Gasteiger partial charge in [-0.15, -0.1) is 0 Å². The average Bonchev–Trinajstić information content (AvgIpc) is 2.40. The molecule has 0 saturated carbocycles. The maximum atomic E-state index is 13.1. The highest BCUT2D eigenvalue weighted by molar-refractivity contribution is 5.74. The molecule has 0 bridgehead atoms. The van der Waals surface area contributed by atoms with Crippen LogP contribution >= 0.6 is 0 Å². The molecule has 0 fully saturated rings. The number of ether oxygens (including phenoxy) is 1. The Morgan fingerprint density at radius 3 is 2.47 bits per heavy atom. The third kappa shape index (κ3) is 3.10.